The zero-order valence-electron chi connectivity index (χ0n) is 10.1. The van der Waals surface area contributed by atoms with Gasteiger partial charge in [-0.1, -0.05) is 0 Å². The molecule has 0 aliphatic rings. The van der Waals surface area contributed by atoms with Crippen LogP contribution in [0, 0.1) is 17.5 Å². The van der Waals surface area contributed by atoms with Gasteiger partial charge < -0.3 is 5.73 Å². The van der Waals surface area contributed by atoms with E-state index in [0.717, 1.165) is 0 Å². The van der Waals surface area contributed by atoms with Crippen molar-refractivity contribution in [3.8, 4) is 0 Å². The Hall–Kier alpha value is -1.81. The summed E-state index contributed by atoms with van der Waals surface area (Å²) in [5.41, 5.74) is 4.97. The second-order valence-corrected chi connectivity index (χ2v) is 6.46. The van der Waals surface area contributed by atoms with Gasteiger partial charge in [-0.05, 0) is 22.0 Å². The zero-order valence-corrected chi connectivity index (χ0v) is 12.5. The van der Waals surface area contributed by atoms with Crippen molar-refractivity contribution in [1.29, 1.82) is 0 Å². The summed E-state index contributed by atoms with van der Waals surface area (Å²) in [7, 11) is -4.24. The SMILES string of the molecule is Nc1ncc(Br)cc1S(=O)(=O)Nc1cc(F)c(F)c(F)c1. The lowest BCUT2D eigenvalue weighted by molar-refractivity contribution is 0.448. The summed E-state index contributed by atoms with van der Waals surface area (Å²) >= 11 is 3.03. The minimum atomic E-state index is -4.24. The smallest absolute Gasteiger partial charge is 0.265 e. The Morgan fingerprint density at radius 1 is 1.14 bits per heavy atom. The highest BCUT2D eigenvalue weighted by atomic mass is 79.9. The van der Waals surface area contributed by atoms with Crippen LogP contribution in [0.15, 0.2) is 33.8 Å². The number of halogens is 4. The standard InChI is InChI=1S/C11H7BrF3N3O2S/c12-5-1-9(11(16)17-4-5)21(19,20)18-6-2-7(13)10(15)8(14)3-6/h1-4,18H,(H2,16,17). The summed E-state index contributed by atoms with van der Waals surface area (Å²) in [5.74, 6) is -5.03. The van der Waals surface area contributed by atoms with Crippen molar-refractivity contribution in [2.45, 2.75) is 4.90 Å². The minimum Gasteiger partial charge on any atom is -0.383 e. The Morgan fingerprint density at radius 2 is 1.71 bits per heavy atom. The number of benzene rings is 1. The van der Waals surface area contributed by atoms with Gasteiger partial charge in [-0.25, -0.2) is 26.6 Å². The van der Waals surface area contributed by atoms with Crippen molar-refractivity contribution >= 4 is 37.5 Å². The van der Waals surface area contributed by atoms with Crippen molar-refractivity contribution < 1.29 is 21.6 Å². The number of nitrogen functional groups attached to an aromatic ring is 1. The normalized spacial score (nSPS) is 11.4. The lowest BCUT2D eigenvalue weighted by atomic mass is 10.3. The van der Waals surface area contributed by atoms with Crippen LogP contribution in [0.1, 0.15) is 0 Å². The first kappa shape index (κ1) is 15.6. The van der Waals surface area contributed by atoms with E-state index < -0.39 is 33.2 Å². The average Bonchev–Trinajstić information content (AvgIpc) is 2.38. The maximum absolute atomic E-state index is 13.1. The number of rotatable bonds is 3. The van der Waals surface area contributed by atoms with E-state index in [1.165, 1.54) is 12.3 Å². The van der Waals surface area contributed by atoms with Gasteiger partial charge in [0.2, 0.25) is 0 Å². The molecule has 2 aromatic rings. The molecule has 1 heterocycles. The van der Waals surface area contributed by atoms with E-state index in [1.54, 1.807) is 0 Å². The fourth-order valence-electron chi connectivity index (χ4n) is 1.47. The number of nitrogens with one attached hydrogen (secondary N) is 1. The second kappa shape index (κ2) is 5.53. The Morgan fingerprint density at radius 3 is 2.29 bits per heavy atom. The fourth-order valence-corrected chi connectivity index (χ4v) is 3.10. The van der Waals surface area contributed by atoms with E-state index in [1.807, 2.05) is 4.72 Å². The maximum Gasteiger partial charge on any atom is 0.265 e. The average molecular weight is 382 g/mol. The molecule has 0 unspecified atom stereocenters. The minimum absolute atomic E-state index is 0.297. The van der Waals surface area contributed by atoms with E-state index in [4.69, 9.17) is 5.73 Å². The lowest BCUT2D eigenvalue weighted by Gasteiger charge is -2.10. The highest BCUT2D eigenvalue weighted by Gasteiger charge is 2.21. The molecule has 0 saturated heterocycles. The monoisotopic (exact) mass is 381 g/mol. The first-order valence-corrected chi connectivity index (χ1v) is 7.56. The van der Waals surface area contributed by atoms with Crippen molar-refractivity contribution in [3.05, 3.63) is 46.3 Å². The van der Waals surface area contributed by atoms with Crippen molar-refractivity contribution in [2.24, 2.45) is 0 Å². The highest BCUT2D eigenvalue weighted by molar-refractivity contribution is 9.10. The van der Waals surface area contributed by atoms with Crippen LogP contribution >= 0.6 is 15.9 Å². The number of nitrogens with zero attached hydrogens (tertiary/aromatic N) is 1. The summed E-state index contributed by atoms with van der Waals surface area (Å²) in [4.78, 5) is 3.25. The van der Waals surface area contributed by atoms with Crippen molar-refractivity contribution in [1.82, 2.24) is 4.98 Å². The van der Waals surface area contributed by atoms with Crippen molar-refractivity contribution in [3.63, 3.8) is 0 Å². The second-order valence-electron chi connectivity index (χ2n) is 3.90. The van der Waals surface area contributed by atoms with Crippen LogP contribution in [-0.2, 0) is 10.0 Å². The van der Waals surface area contributed by atoms with Gasteiger partial charge in [0.1, 0.15) is 10.7 Å². The summed E-state index contributed by atoms with van der Waals surface area (Å²) in [6.45, 7) is 0. The number of sulfonamides is 1. The third kappa shape index (κ3) is 3.27. The molecule has 0 atom stereocenters. The molecule has 21 heavy (non-hydrogen) atoms. The van der Waals surface area contributed by atoms with Gasteiger partial charge in [0, 0.05) is 22.8 Å². The molecule has 0 aliphatic heterocycles. The quantitative estimate of drug-likeness (QED) is 0.800. The van der Waals surface area contributed by atoms with Gasteiger partial charge in [0.25, 0.3) is 10.0 Å². The molecular weight excluding hydrogens is 375 g/mol. The number of hydrogen-bond donors (Lipinski definition) is 2. The van der Waals surface area contributed by atoms with E-state index in [2.05, 4.69) is 20.9 Å². The zero-order chi connectivity index (χ0) is 15.8. The van der Waals surface area contributed by atoms with Gasteiger partial charge >= 0.3 is 0 Å². The predicted octanol–water partition coefficient (Wildman–Crippen LogP) is 2.64. The molecular formula is C11H7BrF3N3O2S. The summed E-state index contributed by atoms with van der Waals surface area (Å²) < 4.78 is 65.4. The highest BCUT2D eigenvalue weighted by Crippen LogP contribution is 2.24. The Kier molecular flexibility index (Phi) is 4.10. The molecule has 0 aliphatic carbocycles. The number of hydrogen-bond acceptors (Lipinski definition) is 4. The fraction of sp³-hybridized carbons (Fsp3) is 0. The molecule has 0 saturated carbocycles. The number of nitrogens with two attached hydrogens (primary N) is 1. The maximum atomic E-state index is 13.1. The molecule has 1 aromatic carbocycles. The molecule has 10 heteroatoms. The molecule has 0 fully saturated rings. The van der Waals surface area contributed by atoms with Gasteiger partial charge in [0.15, 0.2) is 17.5 Å². The number of anilines is 2. The van der Waals surface area contributed by atoms with Crippen LogP contribution in [0.4, 0.5) is 24.7 Å². The van der Waals surface area contributed by atoms with Crippen LogP contribution in [0.5, 0.6) is 0 Å². The molecule has 0 amide bonds. The van der Waals surface area contributed by atoms with Crippen LogP contribution in [0.2, 0.25) is 0 Å². The van der Waals surface area contributed by atoms with Gasteiger partial charge in [-0.15, -0.1) is 0 Å². The van der Waals surface area contributed by atoms with Crippen molar-refractivity contribution in [2.75, 3.05) is 10.5 Å². The van der Waals surface area contributed by atoms with Crippen LogP contribution in [-0.4, -0.2) is 13.4 Å². The lowest BCUT2D eigenvalue weighted by Crippen LogP contribution is -2.16. The van der Waals surface area contributed by atoms with Crippen LogP contribution in [0.3, 0.4) is 0 Å². The Balaban J connectivity index is 2.45. The first-order chi connectivity index (χ1) is 9.70. The molecule has 1 aromatic heterocycles. The number of pyridine rings is 1. The van der Waals surface area contributed by atoms with E-state index in [0.29, 0.717) is 16.6 Å². The Bertz CT molecular complexity index is 791. The molecule has 0 spiro atoms. The molecule has 0 radical (unpaired) electrons. The molecule has 112 valence electrons. The molecule has 2 rings (SSSR count). The van der Waals surface area contributed by atoms with Crippen LogP contribution < -0.4 is 10.5 Å². The summed E-state index contributed by atoms with van der Waals surface area (Å²) in [6, 6.07) is 2.19. The van der Waals surface area contributed by atoms with E-state index in [-0.39, 0.29) is 10.7 Å². The largest absolute Gasteiger partial charge is 0.383 e. The first-order valence-electron chi connectivity index (χ1n) is 5.29. The van der Waals surface area contributed by atoms with Gasteiger partial charge in [-0.3, -0.25) is 4.72 Å². The third-order valence-electron chi connectivity index (χ3n) is 2.37. The molecule has 3 N–H and O–H groups in total. The summed E-state index contributed by atoms with van der Waals surface area (Å²) in [5, 5.41) is 0. The summed E-state index contributed by atoms with van der Waals surface area (Å²) in [6.07, 6.45) is 1.28. The molecule has 0 bridgehead atoms. The third-order valence-corrected chi connectivity index (χ3v) is 4.22. The Labute approximate surface area is 126 Å². The van der Waals surface area contributed by atoms with E-state index >= 15 is 0 Å². The number of aromatic nitrogens is 1. The molecule has 5 nitrogen and oxygen atoms in total. The van der Waals surface area contributed by atoms with Gasteiger partial charge in [-0.2, -0.15) is 0 Å². The predicted molar refractivity (Wildman–Crippen MR) is 73.5 cm³/mol. The van der Waals surface area contributed by atoms with Crippen LogP contribution in [0.25, 0.3) is 0 Å². The van der Waals surface area contributed by atoms with Gasteiger partial charge in [0.05, 0.1) is 5.69 Å². The van der Waals surface area contributed by atoms with E-state index in [9.17, 15) is 21.6 Å². The topological polar surface area (TPSA) is 85.1 Å².